The number of ether oxygens (including phenoxy) is 3. The van der Waals surface area contributed by atoms with Crippen LogP contribution >= 0.6 is 23.8 Å². The molecule has 9 heteroatoms. The zero-order valence-electron chi connectivity index (χ0n) is 12.1. The molecule has 22 heavy (non-hydrogen) atoms. The van der Waals surface area contributed by atoms with Crippen molar-refractivity contribution < 1.29 is 19.3 Å². The maximum absolute atomic E-state index is 11.7. The topological polar surface area (TPSA) is 85.7 Å². The maximum atomic E-state index is 11.7. The maximum Gasteiger partial charge on any atom is 0.256 e. The van der Waals surface area contributed by atoms with Crippen LogP contribution in [0.5, 0.6) is 0 Å². The molecule has 3 heterocycles. The second kappa shape index (κ2) is 5.70. The third-order valence-electron chi connectivity index (χ3n) is 3.76. The Hall–Kier alpha value is -0.770. The molecule has 2 fully saturated rings. The summed E-state index contributed by atoms with van der Waals surface area (Å²) >= 11 is 11.0. The number of rotatable bonds is 3. The van der Waals surface area contributed by atoms with Crippen LogP contribution in [-0.4, -0.2) is 45.4 Å². The molecule has 1 aromatic rings. The number of H-pyrrole nitrogens is 1. The monoisotopic (exact) mass is 348 g/mol. The van der Waals surface area contributed by atoms with E-state index >= 15 is 0 Å². The minimum Gasteiger partial charge on any atom is -0.394 e. The van der Waals surface area contributed by atoms with E-state index in [4.69, 9.17) is 38.0 Å². The molecule has 2 saturated heterocycles. The van der Waals surface area contributed by atoms with Crippen LogP contribution < -0.4 is 5.56 Å². The van der Waals surface area contributed by atoms with Crippen LogP contribution in [0.25, 0.3) is 0 Å². The van der Waals surface area contributed by atoms with Crippen molar-refractivity contribution in [2.24, 2.45) is 0 Å². The van der Waals surface area contributed by atoms with Gasteiger partial charge in [-0.15, -0.1) is 11.6 Å². The van der Waals surface area contributed by atoms with Gasteiger partial charge in [0.15, 0.2) is 16.8 Å². The smallest absolute Gasteiger partial charge is 0.256 e. The molecule has 0 aliphatic carbocycles. The van der Waals surface area contributed by atoms with Crippen molar-refractivity contribution >= 4 is 23.8 Å². The second-order valence-corrected chi connectivity index (χ2v) is 6.42. The van der Waals surface area contributed by atoms with Crippen molar-refractivity contribution in [2.75, 3.05) is 6.61 Å². The molecule has 7 nitrogen and oxygen atoms in total. The summed E-state index contributed by atoms with van der Waals surface area (Å²) < 4.78 is 19.3. The van der Waals surface area contributed by atoms with Gasteiger partial charge in [-0.1, -0.05) is 0 Å². The van der Waals surface area contributed by atoms with Crippen LogP contribution in [0.3, 0.4) is 0 Å². The van der Waals surface area contributed by atoms with Gasteiger partial charge in [-0.25, -0.2) is 0 Å². The van der Waals surface area contributed by atoms with Crippen molar-refractivity contribution in [3.8, 4) is 0 Å². The average Bonchev–Trinajstić information content (AvgIpc) is 2.92. The Morgan fingerprint density at radius 3 is 2.77 bits per heavy atom. The number of alkyl halides is 1. The molecule has 0 radical (unpaired) electrons. The summed E-state index contributed by atoms with van der Waals surface area (Å²) in [5.74, 6) is -0.720. The number of halogens is 1. The summed E-state index contributed by atoms with van der Waals surface area (Å²) in [6, 6.07) is 0. The SMILES string of the molecule is CC1(C)OC2[C@@H](O1)[C@@H](CO)O[C@H]2n1cc(CCl)c(=O)[nH]c1=S. The predicted octanol–water partition coefficient (Wildman–Crippen LogP) is 1.05. The molecular weight excluding hydrogens is 332 g/mol. The first-order valence-electron chi connectivity index (χ1n) is 6.88. The molecule has 0 aromatic carbocycles. The van der Waals surface area contributed by atoms with E-state index in [0.717, 1.165) is 0 Å². The van der Waals surface area contributed by atoms with Crippen molar-refractivity contribution in [3.05, 3.63) is 26.9 Å². The number of hydrogen-bond acceptors (Lipinski definition) is 6. The average molecular weight is 349 g/mol. The standard InChI is InChI=1S/C13H17ClN2O5S/c1-13(2)20-8-7(5-17)19-11(9(8)21-13)16-4-6(3-14)10(18)15-12(16)22/h4,7-9,11,17H,3,5H2,1-2H3,(H,15,18,22)/t7-,8+,9?,11-/m1/s1. The Bertz CT molecular complexity index is 688. The zero-order valence-corrected chi connectivity index (χ0v) is 13.7. The number of hydrogen-bond donors (Lipinski definition) is 2. The summed E-state index contributed by atoms with van der Waals surface area (Å²) in [6.45, 7) is 3.40. The molecule has 0 bridgehead atoms. The first kappa shape index (κ1) is 16.1. The van der Waals surface area contributed by atoms with E-state index in [2.05, 4.69) is 4.98 Å². The van der Waals surface area contributed by atoms with Gasteiger partial charge >= 0.3 is 0 Å². The number of aromatic nitrogens is 2. The van der Waals surface area contributed by atoms with Gasteiger partial charge in [0.1, 0.15) is 18.3 Å². The molecule has 4 atom stereocenters. The van der Waals surface area contributed by atoms with E-state index in [0.29, 0.717) is 5.56 Å². The minimum atomic E-state index is -0.773. The number of nitrogens with one attached hydrogen (secondary N) is 1. The van der Waals surface area contributed by atoms with Crippen molar-refractivity contribution in [3.63, 3.8) is 0 Å². The van der Waals surface area contributed by atoms with Gasteiger partial charge in [0.05, 0.1) is 12.5 Å². The number of nitrogens with zero attached hydrogens (tertiary/aromatic N) is 1. The molecule has 2 aliphatic heterocycles. The second-order valence-electron chi connectivity index (χ2n) is 5.77. The van der Waals surface area contributed by atoms with Crippen LogP contribution in [0.1, 0.15) is 25.6 Å². The highest BCUT2D eigenvalue weighted by molar-refractivity contribution is 7.71. The molecule has 0 amide bonds. The van der Waals surface area contributed by atoms with Crippen LogP contribution in [0, 0.1) is 4.77 Å². The third-order valence-corrected chi connectivity index (χ3v) is 4.37. The molecule has 1 aromatic heterocycles. The summed E-state index contributed by atoms with van der Waals surface area (Å²) in [4.78, 5) is 14.3. The normalized spacial score (nSPS) is 33.1. The van der Waals surface area contributed by atoms with E-state index in [1.807, 2.05) is 0 Å². The fourth-order valence-electron chi connectivity index (χ4n) is 2.84. The number of aliphatic hydroxyl groups excluding tert-OH is 1. The molecule has 2 aliphatic rings. The molecule has 1 unspecified atom stereocenters. The highest BCUT2D eigenvalue weighted by atomic mass is 35.5. The van der Waals surface area contributed by atoms with Crippen molar-refractivity contribution in [2.45, 2.75) is 50.1 Å². The third kappa shape index (κ3) is 2.64. The van der Waals surface area contributed by atoms with Gasteiger partial charge in [0.25, 0.3) is 5.56 Å². The Labute approximate surface area is 136 Å². The lowest BCUT2D eigenvalue weighted by molar-refractivity contribution is -0.200. The highest BCUT2D eigenvalue weighted by Gasteiger charge is 2.55. The van der Waals surface area contributed by atoms with Gasteiger partial charge in [-0.05, 0) is 26.1 Å². The van der Waals surface area contributed by atoms with Crippen LogP contribution in [-0.2, 0) is 20.1 Å². The Kier molecular flexibility index (Phi) is 4.17. The summed E-state index contributed by atoms with van der Waals surface area (Å²) in [5, 5.41) is 9.49. The van der Waals surface area contributed by atoms with Crippen molar-refractivity contribution in [1.82, 2.24) is 9.55 Å². The Morgan fingerprint density at radius 1 is 1.45 bits per heavy atom. The first-order chi connectivity index (χ1) is 10.4. The van der Waals surface area contributed by atoms with Gasteiger partial charge in [-0.2, -0.15) is 0 Å². The minimum absolute atomic E-state index is 0.0536. The fraction of sp³-hybridized carbons (Fsp3) is 0.692. The molecular formula is C13H17ClN2O5S. The van der Waals surface area contributed by atoms with E-state index in [9.17, 15) is 9.90 Å². The molecule has 0 spiro atoms. The van der Waals surface area contributed by atoms with Crippen LogP contribution in [0.15, 0.2) is 11.0 Å². The van der Waals surface area contributed by atoms with E-state index in [-0.39, 0.29) is 22.8 Å². The number of aromatic amines is 1. The quantitative estimate of drug-likeness (QED) is 0.627. The largest absolute Gasteiger partial charge is 0.394 e. The Morgan fingerprint density at radius 2 is 2.14 bits per heavy atom. The lowest BCUT2D eigenvalue weighted by Gasteiger charge is -2.25. The molecule has 0 saturated carbocycles. The fourth-order valence-corrected chi connectivity index (χ4v) is 3.28. The van der Waals surface area contributed by atoms with Gasteiger partial charge < -0.3 is 19.3 Å². The van der Waals surface area contributed by atoms with Gasteiger partial charge in [0, 0.05) is 11.8 Å². The van der Waals surface area contributed by atoms with Crippen molar-refractivity contribution in [1.29, 1.82) is 0 Å². The summed E-state index contributed by atoms with van der Waals surface area (Å²) in [5.41, 5.74) is 0.0504. The Balaban J connectivity index is 2.02. The summed E-state index contributed by atoms with van der Waals surface area (Å²) in [7, 11) is 0. The lowest BCUT2D eigenvalue weighted by atomic mass is 10.1. The predicted molar refractivity (Wildman–Crippen MR) is 80.3 cm³/mol. The highest BCUT2D eigenvalue weighted by Crippen LogP contribution is 2.42. The van der Waals surface area contributed by atoms with Crippen LogP contribution in [0.4, 0.5) is 0 Å². The lowest BCUT2D eigenvalue weighted by Crippen LogP contribution is -2.31. The van der Waals surface area contributed by atoms with E-state index < -0.39 is 30.3 Å². The van der Waals surface area contributed by atoms with Gasteiger partial charge in [-0.3, -0.25) is 14.3 Å². The van der Waals surface area contributed by atoms with E-state index in [1.54, 1.807) is 24.6 Å². The molecule has 122 valence electrons. The van der Waals surface area contributed by atoms with Gasteiger partial charge in [0.2, 0.25) is 0 Å². The van der Waals surface area contributed by atoms with Crippen LogP contribution in [0.2, 0.25) is 0 Å². The first-order valence-corrected chi connectivity index (χ1v) is 7.83. The molecule has 2 N–H and O–H groups in total. The number of fused-ring (bicyclic) bond motifs is 1. The van der Waals surface area contributed by atoms with E-state index in [1.165, 1.54) is 0 Å². The zero-order chi connectivity index (χ0) is 16.1. The number of aliphatic hydroxyl groups is 1. The summed E-state index contributed by atoms with van der Waals surface area (Å²) in [6.07, 6.45) is -0.406. The molecule has 3 rings (SSSR count).